The summed E-state index contributed by atoms with van der Waals surface area (Å²) in [6, 6.07) is 5.41. The van der Waals surface area contributed by atoms with Crippen LogP contribution in [-0.2, 0) is 20.7 Å². The smallest absolute Gasteiger partial charge is 0.311 e. The molecule has 146 valence electrons. The highest BCUT2D eigenvalue weighted by Crippen LogP contribution is 2.26. The van der Waals surface area contributed by atoms with E-state index >= 15 is 0 Å². The van der Waals surface area contributed by atoms with Crippen molar-refractivity contribution >= 4 is 45.1 Å². The summed E-state index contributed by atoms with van der Waals surface area (Å²) in [5.74, 6) is -1.73. The molecule has 3 rings (SSSR count). The average Bonchev–Trinajstić information content (AvgIpc) is 3.23. The monoisotopic (exact) mass is 400 g/mol. The fourth-order valence-corrected chi connectivity index (χ4v) is 3.53. The Morgan fingerprint density at radius 1 is 1.25 bits per heavy atom. The third-order valence-electron chi connectivity index (χ3n) is 4.45. The van der Waals surface area contributed by atoms with E-state index in [1.54, 1.807) is 5.38 Å². The third kappa shape index (κ3) is 4.07. The van der Waals surface area contributed by atoms with E-state index in [2.05, 4.69) is 5.32 Å². The maximum atomic E-state index is 12.3. The molecule has 2 heterocycles. The van der Waals surface area contributed by atoms with Gasteiger partial charge in [0.25, 0.3) is 11.8 Å². The highest BCUT2D eigenvalue weighted by Gasteiger charge is 2.21. The molecule has 1 aromatic carbocycles. The van der Waals surface area contributed by atoms with E-state index in [0.29, 0.717) is 16.1 Å². The normalized spacial score (nSPS) is 12.0. The zero-order valence-electron chi connectivity index (χ0n) is 15.7. The van der Waals surface area contributed by atoms with Gasteiger partial charge in [0.1, 0.15) is 10.6 Å². The van der Waals surface area contributed by atoms with Gasteiger partial charge >= 0.3 is 5.97 Å². The van der Waals surface area contributed by atoms with E-state index in [4.69, 9.17) is 14.9 Å². The lowest BCUT2D eigenvalue weighted by Crippen LogP contribution is -2.30. The summed E-state index contributed by atoms with van der Waals surface area (Å²) in [5.41, 5.74) is 9.07. The lowest BCUT2D eigenvalue weighted by atomic mass is 10.0. The number of primary amides is 1. The fraction of sp³-hybridized carbons (Fsp3) is 0.250. The molecule has 2 aromatic heterocycles. The lowest BCUT2D eigenvalue weighted by molar-refractivity contribution is -0.152. The van der Waals surface area contributed by atoms with Crippen molar-refractivity contribution in [1.29, 1.82) is 0 Å². The van der Waals surface area contributed by atoms with E-state index in [1.807, 2.05) is 26.0 Å². The SMILES string of the molecule is Cc1cc2occ(CC(=O)O[C@H](C)C(=O)Nc3sccc3C(N)=O)c2cc1C. The minimum absolute atomic E-state index is 0.0152. The van der Waals surface area contributed by atoms with Crippen LogP contribution in [0.4, 0.5) is 5.00 Å². The molecule has 28 heavy (non-hydrogen) atoms. The number of carbonyl (C=O) groups excluding carboxylic acids is 3. The van der Waals surface area contributed by atoms with Gasteiger partial charge in [0.15, 0.2) is 6.10 Å². The van der Waals surface area contributed by atoms with Gasteiger partial charge in [0.2, 0.25) is 0 Å². The summed E-state index contributed by atoms with van der Waals surface area (Å²) in [6.45, 7) is 5.44. The summed E-state index contributed by atoms with van der Waals surface area (Å²) >= 11 is 1.16. The largest absolute Gasteiger partial charge is 0.464 e. The number of benzene rings is 1. The molecule has 0 spiro atoms. The van der Waals surface area contributed by atoms with Gasteiger partial charge in [-0.1, -0.05) is 0 Å². The Morgan fingerprint density at radius 3 is 2.68 bits per heavy atom. The number of rotatable bonds is 6. The fourth-order valence-electron chi connectivity index (χ4n) is 2.73. The van der Waals surface area contributed by atoms with Crippen molar-refractivity contribution in [3.8, 4) is 0 Å². The van der Waals surface area contributed by atoms with Gasteiger partial charge in [0, 0.05) is 10.9 Å². The van der Waals surface area contributed by atoms with Gasteiger partial charge in [0.05, 0.1) is 18.2 Å². The predicted octanol–water partition coefficient (Wildman–Crippen LogP) is 3.32. The summed E-state index contributed by atoms with van der Waals surface area (Å²) < 4.78 is 10.7. The average molecular weight is 400 g/mol. The van der Waals surface area contributed by atoms with E-state index in [0.717, 1.165) is 27.8 Å². The number of nitrogens with two attached hydrogens (primary N) is 1. The molecule has 2 amide bonds. The number of furan rings is 1. The molecule has 0 fully saturated rings. The van der Waals surface area contributed by atoms with Gasteiger partial charge in [-0.05, 0) is 55.5 Å². The first-order valence-electron chi connectivity index (χ1n) is 8.61. The van der Waals surface area contributed by atoms with Crippen LogP contribution in [0.15, 0.2) is 34.3 Å². The molecular formula is C20H20N2O5S. The van der Waals surface area contributed by atoms with E-state index < -0.39 is 23.9 Å². The number of amides is 2. The Bertz CT molecular complexity index is 1070. The topological polar surface area (TPSA) is 112 Å². The standard InChI is InChI=1S/C20H20N2O5S/c1-10-6-15-13(9-26-16(15)7-11(10)2)8-17(23)27-12(3)19(25)22-20-14(18(21)24)4-5-28-20/h4-7,9,12H,8H2,1-3H3,(H2,21,24)(H,22,25)/t12-/m1/s1. The van der Waals surface area contributed by atoms with Crippen molar-refractivity contribution < 1.29 is 23.5 Å². The van der Waals surface area contributed by atoms with Gasteiger partial charge in [-0.2, -0.15) is 0 Å². The van der Waals surface area contributed by atoms with Gasteiger partial charge < -0.3 is 20.2 Å². The number of anilines is 1. The minimum Gasteiger partial charge on any atom is -0.464 e. The first-order valence-corrected chi connectivity index (χ1v) is 9.49. The van der Waals surface area contributed by atoms with Crippen molar-refractivity contribution in [3.63, 3.8) is 0 Å². The van der Waals surface area contributed by atoms with Gasteiger partial charge in [-0.3, -0.25) is 14.4 Å². The summed E-state index contributed by atoms with van der Waals surface area (Å²) in [4.78, 5) is 35.9. The first kappa shape index (κ1) is 19.6. The zero-order valence-corrected chi connectivity index (χ0v) is 16.5. The van der Waals surface area contributed by atoms with Crippen molar-refractivity contribution in [2.24, 2.45) is 5.73 Å². The molecule has 7 nitrogen and oxygen atoms in total. The molecule has 1 atom stereocenters. The quantitative estimate of drug-likeness (QED) is 0.617. The number of nitrogens with one attached hydrogen (secondary N) is 1. The highest BCUT2D eigenvalue weighted by molar-refractivity contribution is 7.14. The Balaban J connectivity index is 1.64. The molecule has 0 bridgehead atoms. The Kier molecular flexibility index (Phi) is 5.51. The number of aryl methyl sites for hydroxylation is 2. The third-order valence-corrected chi connectivity index (χ3v) is 5.28. The van der Waals surface area contributed by atoms with Crippen molar-refractivity contribution in [1.82, 2.24) is 0 Å². The van der Waals surface area contributed by atoms with Gasteiger partial charge in [-0.15, -0.1) is 11.3 Å². The number of carbonyl (C=O) groups is 3. The Hall–Kier alpha value is -3.13. The maximum Gasteiger partial charge on any atom is 0.311 e. The Labute approximate surface area is 165 Å². The number of hydrogen-bond acceptors (Lipinski definition) is 6. The first-order chi connectivity index (χ1) is 13.3. The second-order valence-electron chi connectivity index (χ2n) is 6.52. The van der Waals surface area contributed by atoms with Crippen LogP contribution < -0.4 is 11.1 Å². The number of ether oxygens (including phenoxy) is 1. The van der Waals surface area contributed by atoms with Crippen LogP contribution >= 0.6 is 11.3 Å². The summed E-state index contributed by atoms with van der Waals surface area (Å²) in [7, 11) is 0. The zero-order chi connectivity index (χ0) is 20.4. The van der Waals surface area contributed by atoms with Crippen LogP contribution in [0.2, 0.25) is 0 Å². The van der Waals surface area contributed by atoms with Crippen LogP contribution in [0.1, 0.15) is 34.0 Å². The molecule has 0 aliphatic rings. The number of esters is 1. The van der Waals surface area contributed by atoms with Crippen LogP contribution in [0, 0.1) is 13.8 Å². The van der Waals surface area contributed by atoms with Crippen molar-refractivity contribution in [2.75, 3.05) is 5.32 Å². The molecule has 0 saturated carbocycles. The molecule has 8 heteroatoms. The molecule has 0 saturated heterocycles. The highest BCUT2D eigenvalue weighted by atomic mass is 32.1. The van der Waals surface area contributed by atoms with Gasteiger partial charge in [-0.25, -0.2) is 0 Å². The molecule has 3 aromatic rings. The molecular weight excluding hydrogens is 380 g/mol. The molecule has 0 aliphatic carbocycles. The van der Waals surface area contributed by atoms with E-state index in [1.165, 1.54) is 19.3 Å². The molecule has 0 aliphatic heterocycles. The summed E-state index contributed by atoms with van der Waals surface area (Å²) in [6.07, 6.45) is 0.483. The Morgan fingerprint density at radius 2 is 1.96 bits per heavy atom. The number of fused-ring (bicyclic) bond motifs is 1. The van der Waals surface area contributed by atoms with Crippen molar-refractivity contribution in [2.45, 2.75) is 33.3 Å². The second kappa shape index (κ2) is 7.85. The van der Waals surface area contributed by atoms with E-state index in [-0.39, 0.29) is 12.0 Å². The predicted molar refractivity (Wildman–Crippen MR) is 106 cm³/mol. The van der Waals surface area contributed by atoms with Crippen LogP contribution in [-0.4, -0.2) is 23.9 Å². The maximum absolute atomic E-state index is 12.3. The second-order valence-corrected chi connectivity index (χ2v) is 7.44. The lowest BCUT2D eigenvalue weighted by Gasteiger charge is -2.13. The molecule has 0 radical (unpaired) electrons. The van der Waals surface area contributed by atoms with Crippen LogP contribution in [0.3, 0.4) is 0 Å². The molecule has 3 N–H and O–H groups in total. The van der Waals surface area contributed by atoms with Crippen LogP contribution in [0.25, 0.3) is 11.0 Å². The van der Waals surface area contributed by atoms with Crippen LogP contribution in [0.5, 0.6) is 0 Å². The minimum atomic E-state index is -1.03. The van der Waals surface area contributed by atoms with E-state index in [9.17, 15) is 14.4 Å². The number of thiophene rings is 1. The van der Waals surface area contributed by atoms with Crippen molar-refractivity contribution in [3.05, 3.63) is 52.1 Å². The molecule has 0 unspecified atom stereocenters. The number of hydrogen-bond donors (Lipinski definition) is 2. The summed E-state index contributed by atoms with van der Waals surface area (Å²) in [5, 5.41) is 5.38.